The molecule has 0 atom stereocenters. The second-order valence-corrected chi connectivity index (χ2v) is 6.32. The van der Waals surface area contributed by atoms with Crippen molar-refractivity contribution in [3.05, 3.63) is 51.6 Å². The van der Waals surface area contributed by atoms with E-state index in [4.69, 9.17) is 11.6 Å². The Morgan fingerprint density at radius 3 is 2.61 bits per heavy atom. The van der Waals surface area contributed by atoms with Gasteiger partial charge < -0.3 is 0 Å². The number of Topliss-reactive ketones (excluding diaryl/α,β-unsaturated/α-hetero) is 1. The smallest absolute Gasteiger partial charge is 0.270 e. The van der Waals surface area contributed by atoms with Gasteiger partial charge in [0.15, 0.2) is 5.78 Å². The number of rotatable bonds is 4. The van der Waals surface area contributed by atoms with E-state index in [1.807, 2.05) is 0 Å². The van der Waals surface area contributed by atoms with Crippen LogP contribution >= 0.6 is 11.6 Å². The van der Waals surface area contributed by atoms with Crippen LogP contribution in [0.15, 0.2) is 30.9 Å². The molecule has 0 N–H and O–H groups in total. The van der Waals surface area contributed by atoms with Crippen LogP contribution in [0.1, 0.15) is 26.3 Å². The number of allylic oxidation sites excluding steroid dienone is 1. The molecule has 23 heavy (non-hydrogen) atoms. The van der Waals surface area contributed by atoms with Gasteiger partial charge in [-0.3, -0.25) is 14.9 Å². The first-order valence-electron chi connectivity index (χ1n) is 6.75. The average molecular weight is 335 g/mol. The maximum Gasteiger partial charge on any atom is 0.270 e. The van der Waals surface area contributed by atoms with Crippen molar-refractivity contribution in [1.82, 2.24) is 14.8 Å². The second kappa shape index (κ2) is 6.29. The van der Waals surface area contributed by atoms with Crippen molar-refractivity contribution in [1.29, 1.82) is 0 Å². The zero-order valence-electron chi connectivity index (χ0n) is 12.9. The number of nitro benzene ring substituents is 1. The lowest BCUT2D eigenvalue weighted by molar-refractivity contribution is -0.384. The third-order valence-electron chi connectivity index (χ3n) is 3.06. The number of hydrogen-bond acceptors (Lipinski definition) is 5. The molecule has 0 amide bonds. The molecule has 0 fully saturated rings. The van der Waals surface area contributed by atoms with Crippen LogP contribution in [0.3, 0.4) is 0 Å². The topological polar surface area (TPSA) is 90.9 Å². The Bertz CT molecular complexity index is 777. The van der Waals surface area contributed by atoms with Gasteiger partial charge in [-0.15, -0.1) is 0 Å². The molecule has 0 aliphatic rings. The molecule has 7 nitrogen and oxygen atoms in total. The van der Waals surface area contributed by atoms with Crippen LogP contribution in [0.25, 0.3) is 11.8 Å². The van der Waals surface area contributed by atoms with Crippen molar-refractivity contribution in [2.24, 2.45) is 5.41 Å². The predicted molar refractivity (Wildman–Crippen MR) is 86.8 cm³/mol. The molecule has 8 heteroatoms. The highest BCUT2D eigenvalue weighted by atomic mass is 35.5. The summed E-state index contributed by atoms with van der Waals surface area (Å²) in [4.78, 5) is 26.9. The Morgan fingerprint density at radius 2 is 2.09 bits per heavy atom. The molecular weight excluding hydrogens is 320 g/mol. The Kier molecular flexibility index (Phi) is 4.60. The van der Waals surface area contributed by atoms with E-state index in [1.54, 1.807) is 20.8 Å². The first kappa shape index (κ1) is 16.8. The molecule has 1 heterocycles. The van der Waals surface area contributed by atoms with Gasteiger partial charge in [0, 0.05) is 28.1 Å². The normalized spacial score (nSPS) is 12.3. The number of nitro groups is 1. The molecule has 120 valence electrons. The van der Waals surface area contributed by atoms with Crippen molar-refractivity contribution in [3.63, 3.8) is 0 Å². The number of nitrogens with zero attached hydrogens (tertiary/aromatic N) is 4. The molecule has 0 aliphatic carbocycles. The maximum absolute atomic E-state index is 12.7. The summed E-state index contributed by atoms with van der Waals surface area (Å²) in [5.74, 6) is -0.189. The van der Waals surface area contributed by atoms with E-state index in [0.29, 0.717) is 10.6 Å². The molecule has 0 spiro atoms. The zero-order chi connectivity index (χ0) is 17.2. The maximum atomic E-state index is 12.7. The Balaban J connectivity index is 2.60. The highest BCUT2D eigenvalue weighted by molar-refractivity contribution is 6.33. The van der Waals surface area contributed by atoms with Gasteiger partial charge in [0.25, 0.3) is 5.69 Å². The molecular formula is C15H15ClN4O3. The largest absolute Gasteiger partial charge is 0.292 e. The van der Waals surface area contributed by atoms with Gasteiger partial charge in [-0.1, -0.05) is 32.4 Å². The highest BCUT2D eigenvalue weighted by Gasteiger charge is 2.27. The molecule has 0 saturated heterocycles. The van der Waals surface area contributed by atoms with Crippen molar-refractivity contribution in [2.45, 2.75) is 20.8 Å². The van der Waals surface area contributed by atoms with Crippen LogP contribution in [0.2, 0.25) is 5.02 Å². The second-order valence-electron chi connectivity index (χ2n) is 5.91. The van der Waals surface area contributed by atoms with Crippen LogP contribution < -0.4 is 0 Å². The predicted octanol–water partition coefficient (Wildman–Crippen LogP) is 3.45. The summed E-state index contributed by atoms with van der Waals surface area (Å²) in [6.45, 7) is 5.32. The molecule has 0 radical (unpaired) electrons. The lowest BCUT2D eigenvalue weighted by Crippen LogP contribution is -2.24. The fourth-order valence-electron chi connectivity index (χ4n) is 1.86. The first-order chi connectivity index (χ1) is 10.7. The van der Waals surface area contributed by atoms with E-state index < -0.39 is 10.3 Å². The first-order valence-corrected chi connectivity index (χ1v) is 7.13. The van der Waals surface area contributed by atoms with E-state index >= 15 is 0 Å². The van der Waals surface area contributed by atoms with Crippen LogP contribution in [0.4, 0.5) is 5.69 Å². The summed E-state index contributed by atoms with van der Waals surface area (Å²) in [7, 11) is 0. The van der Waals surface area contributed by atoms with E-state index in [1.165, 1.54) is 41.6 Å². The molecule has 0 aliphatic heterocycles. The van der Waals surface area contributed by atoms with Gasteiger partial charge in [0.1, 0.15) is 18.4 Å². The molecule has 0 unspecified atom stereocenters. The minimum atomic E-state index is -0.662. The molecule has 1 aromatic heterocycles. The average Bonchev–Trinajstić information content (AvgIpc) is 2.98. The summed E-state index contributed by atoms with van der Waals surface area (Å²) in [5, 5.41) is 15.2. The quantitative estimate of drug-likeness (QED) is 0.485. The molecule has 0 bridgehead atoms. The summed E-state index contributed by atoms with van der Waals surface area (Å²) >= 11 is 6.10. The Morgan fingerprint density at radius 1 is 1.39 bits per heavy atom. The fraction of sp³-hybridized carbons (Fsp3) is 0.267. The van der Waals surface area contributed by atoms with E-state index in [0.717, 1.165) is 0 Å². The molecule has 2 rings (SSSR count). The van der Waals surface area contributed by atoms with Crippen LogP contribution in [0, 0.1) is 15.5 Å². The number of halogens is 1. The van der Waals surface area contributed by atoms with Gasteiger partial charge in [-0.25, -0.2) is 9.67 Å². The van der Waals surface area contributed by atoms with E-state index in [-0.39, 0.29) is 17.2 Å². The number of benzene rings is 1. The lowest BCUT2D eigenvalue weighted by atomic mass is 9.88. The number of aromatic nitrogens is 3. The van der Waals surface area contributed by atoms with Crippen molar-refractivity contribution in [2.75, 3.05) is 0 Å². The number of carbonyl (C=O) groups is 1. The minimum absolute atomic E-state index is 0.109. The van der Waals surface area contributed by atoms with Crippen molar-refractivity contribution >= 4 is 34.8 Å². The van der Waals surface area contributed by atoms with Gasteiger partial charge in [-0.05, 0) is 12.1 Å². The zero-order valence-corrected chi connectivity index (χ0v) is 13.6. The van der Waals surface area contributed by atoms with Gasteiger partial charge in [-0.2, -0.15) is 5.10 Å². The summed E-state index contributed by atoms with van der Waals surface area (Å²) in [5.41, 5.74) is -0.173. The van der Waals surface area contributed by atoms with Crippen molar-refractivity contribution in [3.8, 4) is 0 Å². The standard InChI is InChI=1S/C15H15ClN4O3/c1-15(2,3)14(21)13(19-9-17-8-18-19)7-10-6-11(20(22)23)4-5-12(10)16/h4-9H,1-3H3. The Hall–Kier alpha value is -2.54. The summed E-state index contributed by atoms with van der Waals surface area (Å²) in [6.07, 6.45) is 4.18. The number of carbonyl (C=O) groups excluding carboxylic acids is 1. The SMILES string of the molecule is CC(C)(C)C(=O)C(=Cc1cc([N+](=O)[O-])ccc1Cl)n1cncn1. The Labute approximate surface area is 137 Å². The van der Waals surface area contributed by atoms with E-state index in [9.17, 15) is 14.9 Å². The van der Waals surface area contributed by atoms with Crippen molar-refractivity contribution < 1.29 is 9.72 Å². The van der Waals surface area contributed by atoms with Crippen LogP contribution in [-0.2, 0) is 4.79 Å². The summed E-state index contributed by atoms with van der Waals surface area (Å²) < 4.78 is 1.32. The highest BCUT2D eigenvalue weighted by Crippen LogP contribution is 2.28. The van der Waals surface area contributed by atoms with Crippen LogP contribution in [0.5, 0.6) is 0 Å². The number of ketones is 1. The van der Waals surface area contributed by atoms with E-state index in [2.05, 4.69) is 10.1 Å². The van der Waals surface area contributed by atoms with Gasteiger partial charge in [0.05, 0.1) is 4.92 Å². The molecule has 0 saturated carbocycles. The minimum Gasteiger partial charge on any atom is -0.292 e. The molecule has 1 aromatic carbocycles. The third kappa shape index (κ3) is 3.81. The monoisotopic (exact) mass is 334 g/mol. The number of non-ortho nitro benzene ring substituents is 1. The van der Waals surface area contributed by atoms with Gasteiger partial charge in [0.2, 0.25) is 0 Å². The number of hydrogen-bond donors (Lipinski definition) is 0. The summed E-state index contributed by atoms with van der Waals surface area (Å²) in [6, 6.07) is 4.04. The third-order valence-corrected chi connectivity index (χ3v) is 3.41. The van der Waals surface area contributed by atoms with Gasteiger partial charge >= 0.3 is 0 Å². The van der Waals surface area contributed by atoms with Crippen LogP contribution in [-0.4, -0.2) is 25.5 Å². The molecule has 2 aromatic rings. The lowest BCUT2D eigenvalue weighted by Gasteiger charge is -2.18. The fourth-order valence-corrected chi connectivity index (χ4v) is 2.03.